The quantitative estimate of drug-likeness (QED) is 0.744. The molecule has 2 fully saturated rings. The molecule has 88 valence electrons. The molecular weight excluding hydrogens is 186 g/mol. The van der Waals surface area contributed by atoms with Crippen molar-refractivity contribution in [3.05, 3.63) is 0 Å². The molecular formula is C12H25N3. The molecule has 2 saturated heterocycles. The van der Waals surface area contributed by atoms with E-state index in [1.165, 1.54) is 51.9 Å². The van der Waals surface area contributed by atoms with Gasteiger partial charge in [-0.3, -0.25) is 4.90 Å². The molecule has 3 nitrogen and oxygen atoms in total. The molecule has 0 radical (unpaired) electrons. The molecule has 2 unspecified atom stereocenters. The molecule has 0 aliphatic carbocycles. The van der Waals surface area contributed by atoms with Gasteiger partial charge in [0.2, 0.25) is 0 Å². The van der Waals surface area contributed by atoms with Crippen LogP contribution in [-0.4, -0.2) is 62.2 Å². The first-order valence-electron chi connectivity index (χ1n) is 6.38. The fraction of sp³-hybridized carbons (Fsp3) is 1.00. The van der Waals surface area contributed by atoms with Crippen LogP contribution >= 0.6 is 0 Å². The van der Waals surface area contributed by atoms with Gasteiger partial charge in [-0.2, -0.15) is 0 Å². The molecule has 3 heteroatoms. The lowest BCUT2D eigenvalue weighted by molar-refractivity contribution is 0.0569. The third-order valence-electron chi connectivity index (χ3n) is 3.81. The average molecular weight is 211 g/mol. The number of piperazine rings is 1. The summed E-state index contributed by atoms with van der Waals surface area (Å²) in [5.41, 5.74) is 0. The second kappa shape index (κ2) is 5.28. The molecule has 2 aliphatic rings. The van der Waals surface area contributed by atoms with Crippen molar-refractivity contribution in [2.75, 3.05) is 40.3 Å². The Labute approximate surface area is 93.8 Å². The molecule has 0 spiro atoms. The third kappa shape index (κ3) is 2.92. The average Bonchev–Trinajstić information content (AvgIpc) is 2.26. The van der Waals surface area contributed by atoms with Crippen LogP contribution in [0.4, 0.5) is 0 Å². The Bertz CT molecular complexity index is 191. The smallest absolute Gasteiger partial charge is 0.0236 e. The van der Waals surface area contributed by atoms with Gasteiger partial charge in [-0.1, -0.05) is 6.42 Å². The zero-order valence-corrected chi connectivity index (χ0v) is 10.2. The topological polar surface area (TPSA) is 18.5 Å². The lowest BCUT2D eigenvalue weighted by atomic mass is 9.95. The predicted molar refractivity (Wildman–Crippen MR) is 64.2 cm³/mol. The lowest BCUT2D eigenvalue weighted by Gasteiger charge is -2.45. The number of piperidine rings is 1. The van der Waals surface area contributed by atoms with E-state index in [4.69, 9.17) is 0 Å². The highest BCUT2D eigenvalue weighted by Gasteiger charge is 2.31. The van der Waals surface area contributed by atoms with Crippen LogP contribution in [0, 0.1) is 0 Å². The van der Waals surface area contributed by atoms with Crippen LogP contribution in [-0.2, 0) is 0 Å². The minimum atomic E-state index is 0.784. The molecule has 0 amide bonds. The molecule has 2 heterocycles. The molecule has 2 atom stereocenters. The number of nitrogens with zero attached hydrogens (tertiary/aromatic N) is 2. The van der Waals surface area contributed by atoms with Gasteiger partial charge in [0.05, 0.1) is 0 Å². The van der Waals surface area contributed by atoms with Crippen LogP contribution in [0.2, 0.25) is 0 Å². The molecule has 2 rings (SSSR count). The van der Waals surface area contributed by atoms with Gasteiger partial charge >= 0.3 is 0 Å². The summed E-state index contributed by atoms with van der Waals surface area (Å²) in [4.78, 5) is 5.07. The second-order valence-electron chi connectivity index (χ2n) is 5.29. The third-order valence-corrected chi connectivity index (χ3v) is 3.81. The Morgan fingerprint density at radius 1 is 1.27 bits per heavy atom. The molecule has 0 aromatic carbocycles. The summed E-state index contributed by atoms with van der Waals surface area (Å²) in [5.74, 6) is 0. The summed E-state index contributed by atoms with van der Waals surface area (Å²) in [6.07, 6.45) is 5.57. The Kier molecular flexibility index (Phi) is 4.00. The van der Waals surface area contributed by atoms with Crippen molar-refractivity contribution in [1.82, 2.24) is 15.1 Å². The first-order chi connectivity index (χ1) is 7.27. The summed E-state index contributed by atoms with van der Waals surface area (Å²) < 4.78 is 0. The van der Waals surface area contributed by atoms with E-state index in [9.17, 15) is 0 Å². The van der Waals surface area contributed by atoms with Crippen LogP contribution in [0.15, 0.2) is 0 Å². The van der Waals surface area contributed by atoms with Gasteiger partial charge in [0.15, 0.2) is 0 Å². The molecule has 15 heavy (non-hydrogen) atoms. The van der Waals surface area contributed by atoms with Crippen molar-refractivity contribution in [1.29, 1.82) is 0 Å². The van der Waals surface area contributed by atoms with Crippen LogP contribution < -0.4 is 5.32 Å². The standard InChI is InChI=1S/C12H25N3/c1-14(2)8-6-12-10-13-9-11-5-3-4-7-15(11)12/h11-13H,3-10H2,1-2H3. The lowest BCUT2D eigenvalue weighted by Crippen LogP contribution is -2.59. The van der Waals surface area contributed by atoms with Crippen molar-refractivity contribution >= 4 is 0 Å². The van der Waals surface area contributed by atoms with Crippen LogP contribution in [0.3, 0.4) is 0 Å². The van der Waals surface area contributed by atoms with E-state index >= 15 is 0 Å². The van der Waals surface area contributed by atoms with Crippen molar-refractivity contribution < 1.29 is 0 Å². The normalized spacial score (nSPS) is 33.0. The minimum Gasteiger partial charge on any atom is -0.314 e. The van der Waals surface area contributed by atoms with Gasteiger partial charge in [0.1, 0.15) is 0 Å². The van der Waals surface area contributed by atoms with E-state index in [-0.39, 0.29) is 0 Å². The molecule has 0 saturated carbocycles. The highest BCUT2D eigenvalue weighted by atomic mass is 15.3. The maximum absolute atomic E-state index is 3.60. The fourth-order valence-corrected chi connectivity index (χ4v) is 2.93. The molecule has 1 N–H and O–H groups in total. The van der Waals surface area contributed by atoms with Crippen molar-refractivity contribution in [2.45, 2.75) is 37.8 Å². The van der Waals surface area contributed by atoms with E-state index in [1.807, 2.05) is 0 Å². The SMILES string of the molecule is CN(C)CCC1CNCC2CCCCN21. The summed E-state index contributed by atoms with van der Waals surface area (Å²) in [6, 6.07) is 1.62. The van der Waals surface area contributed by atoms with E-state index < -0.39 is 0 Å². The Morgan fingerprint density at radius 2 is 2.13 bits per heavy atom. The highest BCUT2D eigenvalue weighted by molar-refractivity contribution is 4.89. The Balaban J connectivity index is 1.86. The Morgan fingerprint density at radius 3 is 2.93 bits per heavy atom. The zero-order valence-electron chi connectivity index (χ0n) is 10.2. The summed E-state index contributed by atoms with van der Waals surface area (Å²) in [6.45, 7) is 4.98. The number of fused-ring (bicyclic) bond motifs is 1. The number of hydrogen-bond donors (Lipinski definition) is 1. The van der Waals surface area contributed by atoms with Gasteiger partial charge in [0.25, 0.3) is 0 Å². The van der Waals surface area contributed by atoms with Gasteiger partial charge in [-0.25, -0.2) is 0 Å². The fourth-order valence-electron chi connectivity index (χ4n) is 2.93. The van der Waals surface area contributed by atoms with Crippen LogP contribution in [0.5, 0.6) is 0 Å². The van der Waals surface area contributed by atoms with Crippen LogP contribution in [0.25, 0.3) is 0 Å². The summed E-state index contributed by atoms with van der Waals surface area (Å²) >= 11 is 0. The van der Waals surface area contributed by atoms with Gasteiger partial charge in [-0.15, -0.1) is 0 Å². The first-order valence-corrected chi connectivity index (χ1v) is 6.38. The maximum atomic E-state index is 3.60. The molecule has 0 aromatic heterocycles. The molecule has 0 aromatic rings. The summed E-state index contributed by atoms with van der Waals surface area (Å²) in [7, 11) is 4.34. The van der Waals surface area contributed by atoms with Crippen molar-refractivity contribution in [2.24, 2.45) is 0 Å². The second-order valence-corrected chi connectivity index (χ2v) is 5.29. The molecule has 2 aliphatic heterocycles. The van der Waals surface area contributed by atoms with Gasteiger partial charge in [0, 0.05) is 25.2 Å². The van der Waals surface area contributed by atoms with E-state index in [1.54, 1.807) is 0 Å². The monoisotopic (exact) mass is 211 g/mol. The largest absolute Gasteiger partial charge is 0.314 e. The summed E-state index contributed by atoms with van der Waals surface area (Å²) in [5, 5.41) is 3.60. The van der Waals surface area contributed by atoms with Crippen molar-refractivity contribution in [3.63, 3.8) is 0 Å². The van der Waals surface area contributed by atoms with E-state index in [2.05, 4.69) is 29.2 Å². The minimum absolute atomic E-state index is 0.784. The Hall–Kier alpha value is -0.120. The van der Waals surface area contributed by atoms with Gasteiger partial charge < -0.3 is 10.2 Å². The number of nitrogens with one attached hydrogen (secondary N) is 1. The number of hydrogen-bond acceptors (Lipinski definition) is 3. The van der Waals surface area contributed by atoms with E-state index in [0.717, 1.165) is 12.1 Å². The van der Waals surface area contributed by atoms with Crippen molar-refractivity contribution in [3.8, 4) is 0 Å². The predicted octanol–water partition coefficient (Wildman–Crippen LogP) is 0.764. The van der Waals surface area contributed by atoms with E-state index in [0.29, 0.717) is 0 Å². The number of rotatable bonds is 3. The van der Waals surface area contributed by atoms with Gasteiger partial charge in [-0.05, 0) is 46.4 Å². The molecule has 0 bridgehead atoms. The van der Waals surface area contributed by atoms with Crippen LogP contribution in [0.1, 0.15) is 25.7 Å². The first kappa shape index (κ1) is 11.4. The maximum Gasteiger partial charge on any atom is 0.0236 e. The zero-order chi connectivity index (χ0) is 10.7. The highest BCUT2D eigenvalue weighted by Crippen LogP contribution is 2.22.